The van der Waals surface area contributed by atoms with Crippen LogP contribution in [-0.4, -0.2) is 37.6 Å². The van der Waals surface area contributed by atoms with Crippen LogP contribution in [0.3, 0.4) is 0 Å². The molecule has 1 aliphatic rings. The highest BCUT2D eigenvalue weighted by Crippen LogP contribution is 2.29. The SMILES string of the molecule is CN=C(NC)NC1CCC1SC.I. The van der Waals surface area contributed by atoms with E-state index in [1.54, 1.807) is 7.05 Å². The molecular formula is C8H18IN3S. The van der Waals surface area contributed by atoms with E-state index in [1.165, 1.54) is 12.8 Å². The fraction of sp³-hybridized carbons (Fsp3) is 0.875. The van der Waals surface area contributed by atoms with Gasteiger partial charge < -0.3 is 10.6 Å². The van der Waals surface area contributed by atoms with Crippen molar-refractivity contribution in [2.24, 2.45) is 4.99 Å². The molecule has 0 heterocycles. The van der Waals surface area contributed by atoms with Gasteiger partial charge in [0.2, 0.25) is 0 Å². The molecule has 2 atom stereocenters. The second kappa shape index (κ2) is 6.75. The first kappa shape index (κ1) is 13.4. The molecule has 2 unspecified atom stereocenters. The molecule has 1 rings (SSSR count). The van der Waals surface area contributed by atoms with E-state index in [1.807, 2.05) is 18.8 Å². The van der Waals surface area contributed by atoms with Crippen molar-refractivity contribution >= 4 is 41.7 Å². The van der Waals surface area contributed by atoms with Crippen molar-refractivity contribution in [3.63, 3.8) is 0 Å². The Morgan fingerprint density at radius 2 is 2.15 bits per heavy atom. The van der Waals surface area contributed by atoms with Crippen LogP contribution in [0.15, 0.2) is 4.99 Å². The van der Waals surface area contributed by atoms with Crippen molar-refractivity contribution < 1.29 is 0 Å². The lowest BCUT2D eigenvalue weighted by Crippen LogP contribution is -2.51. The summed E-state index contributed by atoms with van der Waals surface area (Å²) in [6.07, 6.45) is 4.77. The Hall–Kier alpha value is 0.350. The molecule has 0 amide bonds. The number of thioether (sulfide) groups is 1. The van der Waals surface area contributed by atoms with Gasteiger partial charge in [-0.15, -0.1) is 24.0 Å². The van der Waals surface area contributed by atoms with Crippen molar-refractivity contribution in [1.29, 1.82) is 0 Å². The molecule has 0 saturated heterocycles. The first-order valence-electron chi connectivity index (χ1n) is 4.25. The Morgan fingerprint density at radius 3 is 2.46 bits per heavy atom. The van der Waals surface area contributed by atoms with Gasteiger partial charge in [0.25, 0.3) is 0 Å². The van der Waals surface area contributed by atoms with Crippen molar-refractivity contribution in [3.05, 3.63) is 0 Å². The van der Waals surface area contributed by atoms with E-state index in [2.05, 4.69) is 21.9 Å². The van der Waals surface area contributed by atoms with Gasteiger partial charge in [0.15, 0.2) is 5.96 Å². The summed E-state index contributed by atoms with van der Waals surface area (Å²) in [4.78, 5) is 4.08. The van der Waals surface area contributed by atoms with Crippen molar-refractivity contribution in [1.82, 2.24) is 10.6 Å². The van der Waals surface area contributed by atoms with Crippen LogP contribution in [0.25, 0.3) is 0 Å². The van der Waals surface area contributed by atoms with Gasteiger partial charge in [-0.05, 0) is 19.1 Å². The molecule has 0 aromatic rings. The van der Waals surface area contributed by atoms with E-state index in [0.717, 1.165) is 11.2 Å². The standard InChI is InChI=1S/C8H17N3S.HI/c1-9-8(10-2)11-6-4-5-7(6)12-3;/h6-7H,4-5H2,1-3H3,(H2,9,10,11);1H. The molecule has 3 nitrogen and oxygen atoms in total. The highest BCUT2D eigenvalue weighted by molar-refractivity contribution is 14.0. The lowest BCUT2D eigenvalue weighted by molar-refractivity contribution is 0.396. The zero-order valence-corrected chi connectivity index (χ0v) is 11.5. The molecule has 1 fully saturated rings. The van der Waals surface area contributed by atoms with Crippen LogP contribution in [-0.2, 0) is 0 Å². The molecule has 78 valence electrons. The number of hydrogen-bond acceptors (Lipinski definition) is 2. The van der Waals surface area contributed by atoms with Gasteiger partial charge in [0.05, 0.1) is 0 Å². The van der Waals surface area contributed by atoms with Gasteiger partial charge in [0.1, 0.15) is 0 Å². The first-order valence-corrected chi connectivity index (χ1v) is 5.54. The number of guanidine groups is 1. The second-order valence-electron chi connectivity index (χ2n) is 2.92. The zero-order chi connectivity index (χ0) is 8.97. The van der Waals surface area contributed by atoms with Gasteiger partial charge in [-0.3, -0.25) is 4.99 Å². The van der Waals surface area contributed by atoms with Gasteiger partial charge >= 0.3 is 0 Å². The van der Waals surface area contributed by atoms with Crippen LogP contribution >= 0.6 is 35.7 Å². The molecular weight excluding hydrogens is 297 g/mol. The summed E-state index contributed by atoms with van der Waals surface area (Å²) in [5, 5.41) is 7.17. The highest BCUT2D eigenvalue weighted by Gasteiger charge is 2.30. The van der Waals surface area contributed by atoms with E-state index in [9.17, 15) is 0 Å². The van der Waals surface area contributed by atoms with Crippen LogP contribution in [0.4, 0.5) is 0 Å². The van der Waals surface area contributed by atoms with E-state index >= 15 is 0 Å². The van der Waals surface area contributed by atoms with Gasteiger partial charge in [-0.1, -0.05) is 0 Å². The van der Waals surface area contributed by atoms with Crippen LogP contribution in [0.1, 0.15) is 12.8 Å². The predicted octanol–water partition coefficient (Wildman–Crippen LogP) is 1.29. The quantitative estimate of drug-likeness (QED) is 0.458. The monoisotopic (exact) mass is 315 g/mol. The summed E-state index contributed by atoms with van der Waals surface area (Å²) in [5.74, 6) is 0.902. The van der Waals surface area contributed by atoms with Crippen LogP contribution in [0.2, 0.25) is 0 Å². The maximum atomic E-state index is 4.08. The second-order valence-corrected chi connectivity index (χ2v) is 4.00. The van der Waals surface area contributed by atoms with Gasteiger partial charge in [0, 0.05) is 25.4 Å². The third kappa shape index (κ3) is 3.53. The number of halogens is 1. The minimum absolute atomic E-state index is 0. The third-order valence-corrected chi connectivity index (χ3v) is 3.47. The van der Waals surface area contributed by atoms with E-state index in [0.29, 0.717) is 6.04 Å². The summed E-state index contributed by atoms with van der Waals surface area (Å²) in [6.45, 7) is 0. The smallest absolute Gasteiger partial charge is 0.190 e. The van der Waals surface area contributed by atoms with E-state index < -0.39 is 0 Å². The third-order valence-electron chi connectivity index (χ3n) is 2.30. The summed E-state index contributed by atoms with van der Waals surface area (Å²) < 4.78 is 0. The summed E-state index contributed by atoms with van der Waals surface area (Å²) in [7, 11) is 3.69. The molecule has 1 aliphatic carbocycles. The maximum absolute atomic E-state index is 4.08. The predicted molar refractivity (Wildman–Crippen MR) is 71.3 cm³/mol. The average molecular weight is 315 g/mol. The van der Waals surface area contributed by atoms with Crippen molar-refractivity contribution in [3.8, 4) is 0 Å². The number of aliphatic imine (C=N–C) groups is 1. The molecule has 0 radical (unpaired) electrons. The number of hydrogen-bond donors (Lipinski definition) is 2. The Labute approximate surface area is 102 Å². The van der Waals surface area contributed by atoms with E-state index in [4.69, 9.17) is 0 Å². The number of rotatable bonds is 2. The summed E-state index contributed by atoms with van der Waals surface area (Å²) in [5.41, 5.74) is 0. The normalized spacial score (nSPS) is 27.2. The largest absolute Gasteiger partial charge is 0.359 e. The molecule has 13 heavy (non-hydrogen) atoms. The maximum Gasteiger partial charge on any atom is 0.190 e. The fourth-order valence-electron chi connectivity index (χ4n) is 1.34. The van der Waals surface area contributed by atoms with Crippen LogP contribution < -0.4 is 10.6 Å². The number of nitrogens with zero attached hydrogens (tertiary/aromatic N) is 1. The van der Waals surface area contributed by atoms with Crippen LogP contribution in [0, 0.1) is 0 Å². The van der Waals surface area contributed by atoms with E-state index in [-0.39, 0.29) is 24.0 Å². The highest BCUT2D eigenvalue weighted by atomic mass is 127. The lowest BCUT2D eigenvalue weighted by atomic mass is 9.92. The van der Waals surface area contributed by atoms with Gasteiger partial charge in [-0.25, -0.2) is 0 Å². The summed E-state index contributed by atoms with van der Waals surface area (Å²) >= 11 is 1.94. The Balaban J connectivity index is 0.00000144. The molecule has 0 aliphatic heterocycles. The molecule has 0 aromatic carbocycles. The lowest BCUT2D eigenvalue weighted by Gasteiger charge is -2.36. The zero-order valence-electron chi connectivity index (χ0n) is 8.33. The number of nitrogens with one attached hydrogen (secondary N) is 2. The fourth-order valence-corrected chi connectivity index (χ4v) is 2.25. The Kier molecular flexibility index (Phi) is 6.93. The molecule has 2 N–H and O–H groups in total. The first-order chi connectivity index (χ1) is 5.81. The molecule has 0 aromatic heterocycles. The minimum atomic E-state index is 0. The molecule has 5 heteroatoms. The molecule has 0 bridgehead atoms. The Bertz CT molecular complexity index is 173. The van der Waals surface area contributed by atoms with Crippen molar-refractivity contribution in [2.45, 2.75) is 24.1 Å². The topological polar surface area (TPSA) is 36.4 Å². The van der Waals surface area contributed by atoms with Crippen LogP contribution in [0.5, 0.6) is 0 Å². The van der Waals surface area contributed by atoms with Crippen molar-refractivity contribution in [2.75, 3.05) is 20.4 Å². The molecule has 0 spiro atoms. The average Bonchev–Trinajstić information content (AvgIpc) is 2.05. The summed E-state index contributed by atoms with van der Waals surface area (Å²) in [6, 6.07) is 0.617. The molecule has 1 saturated carbocycles. The Morgan fingerprint density at radius 1 is 1.46 bits per heavy atom. The van der Waals surface area contributed by atoms with Gasteiger partial charge in [-0.2, -0.15) is 11.8 Å². The minimum Gasteiger partial charge on any atom is -0.359 e.